The van der Waals surface area contributed by atoms with Gasteiger partial charge in [-0.15, -0.1) is 0 Å². The van der Waals surface area contributed by atoms with Crippen LogP contribution in [-0.2, 0) is 4.79 Å². The van der Waals surface area contributed by atoms with Crippen molar-refractivity contribution in [2.75, 3.05) is 7.05 Å². The molecule has 13 heavy (non-hydrogen) atoms. The first-order valence-corrected chi connectivity index (χ1v) is 3.98. The van der Waals surface area contributed by atoms with Gasteiger partial charge < -0.3 is 4.98 Å². The Balaban J connectivity index is 2.59. The minimum Gasteiger partial charge on any atom is -0.340 e. The van der Waals surface area contributed by atoms with Gasteiger partial charge in [0, 0.05) is 7.05 Å². The Kier molecular flexibility index (Phi) is 1.48. The largest absolute Gasteiger partial charge is 0.340 e. The van der Waals surface area contributed by atoms with Gasteiger partial charge in [0.05, 0.1) is 17.9 Å². The minimum absolute atomic E-state index is 0.204. The fourth-order valence-electron chi connectivity index (χ4n) is 1.48. The average Bonchev–Trinajstić information content (AvgIpc) is 2.59. The van der Waals surface area contributed by atoms with Gasteiger partial charge in [-0.05, 0) is 6.92 Å². The van der Waals surface area contributed by atoms with Crippen LogP contribution in [0.2, 0.25) is 0 Å². The first-order valence-electron chi connectivity index (χ1n) is 3.98. The number of nitrogens with zero attached hydrogens (tertiary/aromatic N) is 2. The summed E-state index contributed by atoms with van der Waals surface area (Å²) in [6.45, 7) is 1.74. The summed E-state index contributed by atoms with van der Waals surface area (Å²) < 4.78 is 0. The third-order valence-corrected chi connectivity index (χ3v) is 2.30. The topological polar surface area (TPSA) is 66.1 Å². The Morgan fingerprint density at radius 2 is 2.23 bits per heavy atom. The summed E-state index contributed by atoms with van der Waals surface area (Å²) in [5.74, 6) is -0.843. The number of imide groups is 1. The van der Waals surface area contributed by atoms with E-state index in [1.807, 2.05) is 0 Å². The molecule has 2 heterocycles. The summed E-state index contributed by atoms with van der Waals surface area (Å²) in [7, 11) is 1.48. The van der Waals surface area contributed by atoms with E-state index in [2.05, 4.69) is 9.97 Å². The number of hydrogen-bond donors (Lipinski definition) is 1. The summed E-state index contributed by atoms with van der Waals surface area (Å²) >= 11 is 0. The van der Waals surface area contributed by atoms with E-state index in [4.69, 9.17) is 0 Å². The quantitative estimate of drug-likeness (QED) is 0.575. The molecule has 0 bridgehead atoms. The van der Waals surface area contributed by atoms with Crippen molar-refractivity contribution < 1.29 is 9.59 Å². The fraction of sp³-hybridized carbons (Fsp3) is 0.375. The van der Waals surface area contributed by atoms with Crippen molar-refractivity contribution >= 4 is 11.8 Å². The normalized spacial score (nSPS) is 22.0. The zero-order valence-electron chi connectivity index (χ0n) is 7.37. The number of nitrogens with one attached hydrogen (secondary N) is 1. The number of aromatic nitrogens is 2. The van der Waals surface area contributed by atoms with Gasteiger partial charge in [0.15, 0.2) is 0 Å². The van der Waals surface area contributed by atoms with Gasteiger partial charge in [0.25, 0.3) is 5.91 Å². The van der Waals surface area contributed by atoms with E-state index in [1.54, 1.807) is 6.92 Å². The van der Waals surface area contributed by atoms with E-state index < -0.39 is 0 Å². The molecule has 0 spiro atoms. The van der Waals surface area contributed by atoms with Gasteiger partial charge in [-0.1, -0.05) is 0 Å². The van der Waals surface area contributed by atoms with E-state index in [0.717, 1.165) is 4.90 Å². The van der Waals surface area contributed by atoms with Crippen LogP contribution >= 0.6 is 0 Å². The molecule has 0 aliphatic carbocycles. The molecule has 5 nitrogen and oxygen atoms in total. The Labute approximate surface area is 74.8 Å². The smallest absolute Gasteiger partial charge is 0.278 e. The van der Waals surface area contributed by atoms with Gasteiger partial charge in [0.1, 0.15) is 5.69 Å². The molecule has 1 unspecified atom stereocenters. The molecule has 68 valence electrons. The van der Waals surface area contributed by atoms with Crippen molar-refractivity contribution in [3.8, 4) is 0 Å². The zero-order valence-corrected chi connectivity index (χ0v) is 7.37. The third kappa shape index (κ3) is 0.898. The SMILES string of the molecule is CC1C(=O)N(C)C(=O)c2[nH]cnc21. The molecule has 0 saturated heterocycles. The van der Waals surface area contributed by atoms with Crippen LogP contribution in [0.3, 0.4) is 0 Å². The number of likely N-dealkylation sites (N-methyl/N-ethyl adjacent to an activating group) is 1. The Morgan fingerprint density at radius 1 is 1.54 bits per heavy atom. The maximum atomic E-state index is 11.5. The molecule has 2 amide bonds. The molecule has 1 aliphatic heterocycles. The molecule has 1 aromatic heterocycles. The first-order chi connectivity index (χ1) is 6.13. The number of hydrogen-bond acceptors (Lipinski definition) is 3. The highest BCUT2D eigenvalue weighted by Crippen LogP contribution is 2.24. The van der Waals surface area contributed by atoms with Gasteiger partial charge >= 0.3 is 0 Å². The molecule has 2 rings (SSSR count). The van der Waals surface area contributed by atoms with Crippen molar-refractivity contribution in [3.63, 3.8) is 0 Å². The van der Waals surface area contributed by atoms with Gasteiger partial charge in [-0.2, -0.15) is 0 Å². The van der Waals surface area contributed by atoms with Crippen LogP contribution in [0, 0.1) is 0 Å². The average molecular weight is 179 g/mol. The summed E-state index contributed by atoms with van der Waals surface area (Å²) in [4.78, 5) is 30.7. The molecule has 0 fully saturated rings. The molecule has 1 atom stereocenters. The highest BCUT2D eigenvalue weighted by atomic mass is 16.2. The van der Waals surface area contributed by atoms with Gasteiger partial charge in [0.2, 0.25) is 5.91 Å². The molecule has 0 radical (unpaired) electrons. The predicted octanol–water partition coefficient (Wildman–Crippen LogP) is 0.125. The number of fused-ring (bicyclic) bond motifs is 1. The highest BCUT2D eigenvalue weighted by Gasteiger charge is 2.35. The van der Waals surface area contributed by atoms with Crippen LogP contribution in [0.4, 0.5) is 0 Å². The van der Waals surface area contributed by atoms with Crippen LogP contribution in [0.15, 0.2) is 6.33 Å². The van der Waals surface area contributed by atoms with Crippen LogP contribution in [0.25, 0.3) is 0 Å². The van der Waals surface area contributed by atoms with Crippen LogP contribution < -0.4 is 0 Å². The van der Waals surface area contributed by atoms with Crippen molar-refractivity contribution in [2.24, 2.45) is 0 Å². The summed E-state index contributed by atoms with van der Waals surface area (Å²) in [5.41, 5.74) is 0.975. The second-order valence-electron chi connectivity index (χ2n) is 3.09. The lowest BCUT2D eigenvalue weighted by Crippen LogP contribution is -2.41. The second kappa shape index (κ2) is 2.42. The van der Waals surface area contributed by atoms with E-state index >= 15 is 0 Å². The van der Waals surface area contributed by atoms with Crippen LogP contribution in [0.5, 0.6) is 0 Å². The monoisotopic (exact) mass is 179 g/mol. The maximum Gasteiger partial charge on any atom is 0.278 e. The lowest BCUT2D eigenvalue weighted by Gasteiger charge is -2.24. The van der Waals surface area contributed by atoms with E-state index in [-0.39, 0.29) is 17.7 Å². The van der Waals surface area contributed by atoms with Crippen molar-refractivity contribution in [1.29, 1.82) is 0 Å². The molecule has 1 N–H and O–H groups in total. The lowest BCUT2D eigenvalue weighted by atomic mass is 10.00. The van der Waals surface area contributed by atoms with Crippen LogP contribution in [-0.4, -0.2) is 33.7 Å². The third-order valence-electron chi connectivity index (χ3n) is 2.30. The standard InChI is InChI=1S/C8H9N3O2/c1-4-5-6(10-3-9-5)8(13)11(2)7(4)12/h3-4H,1-2H3,(H,9,10). The zero-order chi connectivity index (χ0) is 9.59. The molecule has 1 aromatic rings. The number of H-pyrrole nitrogens is 1. The van der Waals surface area contributed by atoms with Crippen molar-refractivity contribution in [2.45, 2.75) is 12.8 Å². The number of carbonyl (C=O) groups excluding carboxylic acids is 2. The predicted molar refractivity (Wildman–Crippen MR) is 44.1 cm³/mol. The summed E-state index contributed by atoms with van der Waals surface area (Å²) in [6, 6.07) is 0. The Bertz CT molecular complexity index is 382. The summed E-state index contributed by atoms with van der Waals surface area (Å²) in [6.07, 6.45) is 1.44. The molecule has 0 aromatic carbocycles. The van der Waals surface area contributed by atoms with E-state index in [1.165, 1.54) is 13.4 Å². The molecule has 0 saturated carbocycles. The van der Waals surface area contributed by atoms with Gasteiger partial charge in [-0.25, -0.2) is 4.98 Å². The first kappa shape index (κ1) is 7.97. The number of amides is 2. The van der Waals surface area contributed by atoms with Crippen molar-refractivity contribution in [3.05, 3.63) is 17.7 Å². The Morgan fingerprint density at radius 3 is 2.92 bits per heavy atom. The minimum atomic E-state index is -0.330. The van der Waals surface area contributed by atoms with Gasteiger partial charge in [-0.3, -0.25) is 14.5 Å². The second-order valence-corrected chi connectivity index (χ2v) is 3.09. The highest BCUT2D eigenvalue weighted by molar-refractivity contribution is 6.09. The number of carbonyl (C=O) groups is 2. The van der Waals surface area contributed by atoms with Crippen molar-refractivity contribution in [1.82, 2.24) is 14.9 Å². The number of imidazole rings is 1. The number of rotatable bonds is 0. The van der Waals surface area contributed by atoms with E-state index in [0.29, 0.717) is 11.4 Å². The number of aromatic amines is 1. The molecule has 1 aliphatic rings. The maximum absolute atomic E-state index is 11.5. The molecular weight excluding hydrogens is 170 g/mol. The Hall–Kier alpha value is -1.65. The summed E-state index contributed by atoms with van der Waals surface area (Å²) in [5, 5.41) is 0. The lowest BCUT2D eigenvalue weighted by molar-refractivity contribution is -0.129. The fourth-order valence-corrected chi connectivity index (χ4v) is 1.48. The van der Waals surface area contributed by atoms with E-state index in [9.17, 15) is 9.59 Å². The molecular formula is C8H9N3O2. The van der Waals surface area contributed by atoms with Crippen LogP contribution in [0.1, 0.15) is 29.0 Å². The molecule has 5 heteroatoms.